The summed E-state index contributed by atoms with van der Waals surface area (Å²) in [5, 5.41) is 7.44. The smallest absolute Gasteiger partial charge is 0.191 e. The number of aromatic nitrogens is 1. The molecule has 1 aliphatic heterocycles. The number of nitrogens with zero attached hydrogens (tertiary/aromatic N) is 3. The monoisotopic (exact) mass is 561 g/mol. The number of guanidine groups is 1. The Kier molecular flexibility index (Phi) is 10.9. The van der Waals surface area contributed by atoms with Gasteiger partial charge < -0.3 is 15.5 Å². The van der Waals surface area contributed by atoms with Gasteiger partial charge in [-0.05, 0) is 31.0 Å². The summed E-state index contributed by atoms with van der Waals surface area (Å²) in [6, 6.07) is 13.9. The molecule has 1 aliphatic rings. The number of hydrogen-bond acceptors (Lipinski definition) is 4. The molecule has 1 fully saturated rings. The predicted octanol–water partition coefficient (Wildman–Crippen LogP) is 3.44. The summed E-state index contributed by atoms with van der Waals surface area (Å²) in [6.07, 6.45) is 2.75. The summed E-state index contributed by atoms with van der Waals surface area (Å²) in [5.74, 6) is 2.72. The third-order valence-corrected chi connectivity index (χ3v) is 6.26. The zero-order valence-electron chi connectivity index (χ0n) is 17.1. The summed E-state index contributed by atoms with van der Waals surface area (Å²) in [6.45, 7) is 5.06. The van der Waals surface area contributed by atoms with E-state index < -0.39 is 10.8 Å². The lowest BCUT2D eigenvalue weighted by Gasteiger charge is -2.20. The van der Waals surface area contributed by atoms with Gasteiger partial charge in [0.1, 0.15) is 5.82 Å². The number of rotatable bonds is 8. The summed E-state index contributed by atoms with van der Waals surface area (Å²) in [4.78, 5) is 11.2. The lowest BCUT2D eigenvalue weighted by atomic mass is 10.2. The highest BCUT2D eigenvalue weighted by atomic mass is 127. The average molecular weight is 562 g/mol. The topological polar surface area (TPSA) is 69.6 Å². The van der Waals surface area contributed by atoms with Gasteiger partial charge in [-0.1, -0.05) is 41.9 Å². The van der Waals surface area contributed by atoms with E-state index in [1.54, 1.807) is 6.20 Å². The Balaban J connectivity index is 0.00000320. The third-order valence-electron chi connectivity index (χ3n) is 4.67. The summed E-state index contributed by atoms with van der Waals surface area (Å²) < 4.78 is 12.3. The fraction of sp³-hybridized carbons (Fsp3) is 0.429. The number of pyridine rings is 1. The second-order valence-electron chi connectivity index (χ2n) is 6.92. The van der Waals surface area contributed by atoms with Crippen LogP contribution in [0.3, 0.4) is 0 Å². The van der Waals surface area contributed by atoms with Crippen LogP contribution in [0.5, 0.6) is 0 Å². The number of halogens is 2. The van der Waals surface area contributed by atoms with E-state index in [0.717, 1.165) is 43.4 Å². The average Bonchev–Trinajstić information content (AvgIpc) is 3.17. The molecule has 0 aliphatic carbocycles. The molecule has 2 N–H and O–H groups in total. The van der Waals surface area contributed by atoms with E-state index in [0.29, 0.717) is 23.1 Å². The molecule has 9 heteroatoms. The van der Waals surface area contributed by atoms with E-state index >= 15 is 0 Å². The fourth-order valence-corrected chi connectivity index (χ4v) is 4.53. The Morgan fingerprint density at radius 3 is 2.83 bits per heavy atom. The van der Waals surface area contributed by atoms with Crippen molar-refractivity contribution in [1.82, 2.24) is 15.6 Å². The maximum atomic E-state index is 12.3. The van der Waals surface area contributed by atoms with Crippen molar-refractivity contribution in [2.75, 3.05) is 36.8 Å². The number of anilines is 1. The Morgan fingerprint density at radius 2 is 2.10 bits per heavy atom. The van der Waals surface area contributed by atoms with Gasteiger partial charge in [-0.3, -0.25) is 9.20 Å². The zero-order chi connectivity index (χ0) is 20.5. The van der Waals surface area contributed by atoms with E-state index in [2.05, 4.69) is 25.5 Å². The van der Waals surface area contributed by atoms with Crippen LogP contribution in [0.25, 0.3) is 0 Å². The molecule has 0 bridgehead atoms. The Bertz CT molecular complexity index is 839. The highest BCUT2D eigenvalue weighted by Crippen LogP contribution is 2.25. The maximum absolute atomic E-state index is 12.3. The fourth-order valence-electron chi connectivity index (χ4n) is 3.29. The molecule has 1 aromatic carbocycles. The van der Waals surface area contributed by atoms with Gasteiger partial charge in [0, 0.05) is 54.2 Å². The first kappa shape index (κ1) is 24.9. The van der Waals surface area contributed by atoms with Crippen molar-refractivity contribution < 1.29 is 4.21 Å². The van der Waals surface area contributed by atoms with Gasteiger partial charge in [0.05, 0.1) is 11.6 Å². The van der Waals surface area contributed by atoms with Gasteiger partial charge in [0.25, 0.3) is 0 Å². The molecule has 0 radical (unpaired) electrons. The van der Waals surface area contributed by atoms with E-state index in [9.17, 15) is 4.21 Å². The van der Waals surface area contributed by atoms with Crippen LogP contribution < -0.4 is 15.5 Å². The molecule has 2 unspecified atom stereocenters. The van der Waals surface area contributed by atoms with Gasteiger partial charge in [-0.2, -0.15) is 0 Å². The van der Waals surface area contributed by atoms with Gasteiger partial charge >= 0.3 is 0 Å². The number of hydrogen-bond donors (Lipinski definition) is 2. The highest BCUT2D eigenvalue weighted by molar-refractivity contribution is 14.0. The zero-order valence-corrected chi connectivity index (χ0v) is 21.0. The first-order valence-corrected chi connectivity index (χ1v) is 11.8. The molecule has 30 heavy (non-hydrogen) atoms. The van der Waals surface area contributed by atoms with Gasteiger partial charge in [0.2, 0.25) is 0 Å². The molecule has 2 atom stereocenters. The van der Waals surface area contributed by atoms with Crippen LogP contribution in [0, 0.1) is 0 Å². The Hall–Kier alpha value is -1.39. The highest BCUT2D eigenvalue weighted by Gasteiger charge is 2.25. The SMILES string of the molecule is CCNC(=NCCS(=O)Cc1ccccc1)NC1CCN(c2ncccc2Cl)C1.I. The Morgan fingerprint density at radius 1 is 1.30 bits per heavy atom. The maximum Gasteiger partial charge on any atom is 0.191 e. The number of nitrogens with one attached hydrogen (secondary N) is 2. The standard InChI is InChI=1S/C21H28ClN5OS.HI/c1-2-23-21(25-12-14-29(28)16-17-7-4-3-5-8-17)26-18-10-13-27(15-18)20-19(22)9-6-11-24-20;/h3-9,11,18H,2,10,12-16H2,1H3,(H2,23,25,26);1H. The molecular weight excluding hydrogens is 533 g/mol. The first-order valence-electron chi connectivity index (χ1n) is 9.95. The molecular formula is C21H29ClIN5OS. The van der Waals surface area contributed by atoms with E-state index in [-0.39, 0.29) is 30.0 Å². The summed E-state index contributed by atoms with van der Waals surface area (Å²) in [7, 11) is -0.922. The number of aliphatic imine (C=N–C) groups is 1. The minimum atomic E-state index is -0.922. The quantitative estimate of drug-likeness (QED) is 0.294. The van der Waals surface area contributed by atoms with E-state index in [1.807, 2.05) is 49.4 Å². The lowest BCUT2D eigenvalue weighted by Crippen LogP contribution is -2.44. The molecule has 0 saturated carbocycles. The Labute approximate surface area is 203 Å². The molecule has 1 saturated heterocycles. The van der Waals surface area contributed by atoms with Crippen LogP contribution in [0.1, 0.15) is 18.9 Å². The predicted molar refractivity (Wildman–Crippen MR) is 138 cm³/mol. The van der Waals surface area contributed by atoms with E-state index in [4.69, 9.17) is 11.6 Å². The normalized spacial score (nSPS) is 17.3. The number of benzene rings is 1. The van der Waals surface area contributed by atoms with E-state index in [1.165, 1.54) is 0 Å². The van der Waals surface area contributed by atoms with Crippen LogP contribution in [0.4, 0.5) is 5.82 Å². The van der Waals surface area contributed by atoms with Crippen LogP contribution in [0.15, 0.2) is 53.7 Å². The van der Waals surface area contributed by atoms with Crippen LogP contribution in [-0.2, 0) is 16.6 Å². The molecule has 164 valence electrons. The molecule has 1 aromatic heterocycles. The second kappa shape index (κ2) is 13.1. The van der Waals surface area contributed by atoms with Crippen LogP contribution in [-0.4, -0.2) is 53.1 Å². The van der Waals surface area contributed by atoms with Crippen molar-refractivity contribution >= 4 is 58.2 Å². The third kappa shape index (κ3) is 7.70. The molecule has 3 rings (SSSR count). The van der Waals surface area contributed by atoms with Crippen molar-refractivity contribution in [2.45, 2.75) is 25.1 Å². The minimum absolute atomic E-state index is 0. The molecule has 2 aromatic rings. The second-order valence-corrected chi connectivity index (χ2v) is 8.90. The van der Waals surface area contributed by atoms with Gasteiger partial charge in [0.15, 0.2) is 5.96 Å². The summed E-state index contributed by atoms with van der Waals surface area (Å²) in [5.41, 5.74) is 1.10. The van der Waals surface area contributed by atoms with Crippen LogP contribution >= 0.6 is 35.6 Å². The largest absolute Gasteiger partial charge is 0.357 e. The van der Waals surface area contributed by atoms with Crippen molar-refractivity contribution in [2.24, 2.45) is 4.99 Å². The van der Waals surface area contributed by atoms with Crippen molar-refractivity contribution in [3.63, 3.8) is 0 Å². The molecule has 6 nitrogen and oxygen atoms in total. The molecule has 0 amide bonds. The lowest BCUT2D eigenvalue weighted by molar-refractivity contribution is 0.649. The molecule has 0 spiro atoms. The van der Waals surface area contributed by atoms with Gasteiger partial charge in [-0.25, -0.2) is 4.98 Å². The van der Waals surface area contributed by atoms with Crippen molar-refractivity contribution in [3.05, 3.63) is 59.2 Å². The summed E-state index contributed by atoms with van der Waals surface area (Å²) >= 11 is 6.27. The first-order chi connectivity index (χ1) is 14.2. The van der Waals surface area contributed by atoms with Gasteiger partial charge in [-0.15, -0.1) is 24.0 Å². The van der Waals surface area contributed by atoms with Crippen molar-refractivity contribution in [3.8, 4) is 0 Å². The minimum Gasteiger partial charge on any atom is -0.357 e. The van der Waals surface area contributed by atoms with Crippen LogP contribution in [0.2, 0.25) is 5.02 Å². The van der Waals surface area contributed by atoms with Crippen molar-refractivity contribution in [1.29, 1.82) is 0 Å². The molecule has 2 heterocycles.